The number of nitrogens with two attached hydrogens (primary N) is 1. The molecule has 7 heteroatoms. The van der Waals surface area contributed by atoms with Crippen LogP contribution < -0.4 is 16.4 Å². The number of fused-ring (bicyclic) bond motifs is 1. The van der Waals surface area contributed by atoms with Crippen molar-refractivity contribution in [3.05, 3.63) is 36.0 Å². The zero-order valence-corrected chi connectivity index (χ0v) is 13.1. The number of carbonyl (C=O) groups is 3. The summed E-state index contributed by atoms with van der Waals surface area (Å²) >= 11 is 0. The molecule has 0 aliphatic heterocycles. The van der Waals surface area contributed by atoms with Gasteiger partial charge in [0.15, 0.2) is 0 Å². The monoisotopic (exact) mass is 316 g/mol. The summed E-state index contributed by atoms with van der Waals surface area (Å²) in [6, 6.07) is 6.79. The van der Waals surface area contributed by atoms with Gasteiger partial charge in [-0.1, -0.05) is 18.2 Å². The molecular formula is C16H20N4O3. The van der Waals surface area contributed by atoms with Crippen molar-refractivity contribution in [3.8, 4) is 0 Å². The summed E-state index contributed by atoms with van der Waals surface area (Å²) in [4.78, 5) is 35.0. The molecule has 4 N–H and O–H groups in total. The maximum atomic E-state index is 12.2. The number of nitrogens with zero attached hydrogens (tertiary/aromatic N) is 1. The van der Waals surface area contributed by atoms with Crippen LogP contribution in [0.2, 0.25) is 0 Å². The van der Waals surface area contributed by atoms with Crippen molar-refractivity contribution in [1.82, 2.24) is 15.2 Å². The molecule has 1 aromatic carbocycles. The molecule has 2 aromatic rings. The first-order valence-corrected chi connectivity index (χ1v) is 7.24. The van der Waals surface area contributed by atoms with Crippen LogP contribution in [0.1, 0.15) is 12.0 Å². The molecular weight excluding hydrogens is 296 g/mol. The van der Waals surface area contributed by atoms with E-state index in [4.69, 9.17) is 5.73 Å². The third-order valence-corrected chi connectivity index (χ3v) is 3.63. The normalized spacial score (nSPS) is 11.9. The Hall–Kier alpha value is -2.83. The molecule has 0 saturated carbocycles. The lowest BCUT2D eigenvalue weighted by Gasteiger charge is -2.15. The number of aryl methyl sites for hydroxylation is 1. The number of hydrogen-bond acceptors (Lipinski definition) is 3. The average Bonchev–Trinajstić information content (AvgIpc) is 2.82. The molecule has 7 nitrogen and oxygen atoms in total. The van der Waals surface area contributed by atoms with Crippen molar-refractivity contribution in [2.75, 3.05) is 7.05 Å². The number of carbonyl (C=O) groups excluding carboxylic acids is 3. The van der Waals surface area contributed by atoms with Gasteiger partial charge in [0.2, 0.25) is 17.7 Å². The van der Waals surface area contributed by atoms with Crippen molar-refractivity contribution >= 4 is 28.6 Å². The van der Waals surface area contributed by atoms with E-state index < -0.39 is 17.9 Å². The van der Waals surface area contributed by atoms with E-state index >= 15 is 0 Å². The predicted molar refractivity (Wildman–Crippen MR) is 86.4 cm³/mol. The highest BCUT2D eigenvalue weighted by molar-refractivity contribution is 5.94. The summed E-state index contributed by atoms with van der Waals surface area (Å²) in [6.45, 7) is 0. The van der Waals surface area contributed by atoms with Gasteiger partial charge in [0, 0.05) is 31.2 Å². The second-order valence-corrected chi connectivity index (χ2v) is 5.36. The molecule has 1 atom stereocenters. The van der Waals surface area contributed by atoms with Gasteiger partial charge in [-0.25, -0.2) is 0 Å². The third-order valence-electron chi connectivity index (χ3n) is 3.63. The first-order chi connectivity index (χ1) is 10.9. The van der Waals surface area contributed by atoms with Crippen LogP contribution in [-0.2, 0) is 27.9 Å². The van der Waals surface area contributed by atoms with E-state index in [2.05, 4.69) is 10.6 Å². The van der Waals surface area contributed by atoms with E-state index in [0.29, 0.717) is 0 Å². The van der Waals surface area contributed by atoms with Crippen LogP contribution in [0.5, 0.6) is 0 Å². The van der Waals surface area contributed by atoms with Crippen molar-refractivity contribution in [2.24, 2.45) is 12.8 Å². The fourth-order valence-corrected chi connectivity index (χ4v) is 2.57. The SMILES string of the molecule is CNC(=O)[C@H](CC(N)=O)NC(=O)Cc1cn(C)c2ccccc12. The first kappa shape index (κ1) is 16.5. The van der Waals surface area contributed by atoms with Crippen LogP contribution in [0.3, 0.4) is 0 Å². The zero-order valence-electron chi connectivity index (χ0n) is 13.1. The first-order valence-electron chi connectivity index (χ1n) is 7.24. The van der Waals surface area contributed by atoms with Gasteiger partial charge in [0.1, 0.15) is 6.04 Å². The summed E-state index contributed by atoms with van der Waals surface area (Å²) in [5.74, 6) is -1.43. The second-order valence-electron chi connectivity index (χ2n) is 5.36. The molecule has 0 aliphatic rings. The molecule has 122 valence electrons. The number of rotatable bonds is 6. The second kappa shape index (κ2) is 6.95. The third kappa shape index (κ3) is 3.88. The predicted octanol–water partition coefficient (Wildman–Crippen LogP) is -0.173. The average molecular weight is 316 g/mol. The van der Waals surface area contributed by atoms with E-state index in [1.807, 2.05) is 42.1 Å². The minimum Gasteiger partial charge on any atom is -0.370 e. The summed E-state index contributed by atoms with van der Waals surface area (Å²) in [5, 5.41) is 5.95. The highest BCUT2D eigenvalue weighted by Gasteiger charge is 2.22. The fraction of sp³-hybridized carbons (Fsp3) is 0.312. The Labute approximate surface area is 133 Å². The molecule has 0 saturated heterocycles. The number of nitrogens with one attached hydrogen (secondary N) is 2. The molecule has 0 unspecified atom stereocenters. The molecule has 0 aliphatic carbocycles. The van der Waals surface area contributed by atoms with E-state index in [1.165, 1.54) is 7.05 Å². The van der Waals surface area contributed by atoms with Crippen LogP contribution in [0, 0.1) is 0 Å². The Kier molecular flexibility index (Phi) is 5.00. The smallest absolute Gasteiger partial charge is 0.242 e. The summed E-state index contributed by atoms with van der Waals surface area (Å²) in [6.07, 6.45) is 1.77. The Balaban J connectivity index is 2.13. The maximum absolute atomic E-state index is 12.2. The van der Waals surface area contributed by atoms with Gasteiger partial charge >= 0.3 is 0 Å². The Morgan fingerprint density at radius 2 is 1.96 bits per heavy atom. The topological polar surface area (TPSA) is 106 Å². The van der Waals surface area contributed by atoms with Crippen LogP contribution in [0.15, 0.2) is 30.5 Å². The van der Waals surface area contributed by atoms with Crippen molar-refractivity contribution in [2.45, 2.75) is 18.9 Å². The van der Waals surface area contributed by atoms with Crippen LogP contribution in [-0.4, -0.2) is 35.4 Å². The van der Waals surface area contributed by atoms with E-state index in [-0.39, 0.29) is 18.7 Å². The standard InChI is InChI=1S/C16H20N4O3/c1-18-16(23)12(8-14(17)21)19-15(22)7-10-9-20(2)13-6-4-3-5-11(10)13/h3-6,9,12H,7-8H2,1-2H3,(H2,17,21)(H,18,23)(H,19,22)/t12-/m0/s1. The Bertz CT molecular complexity index is 751. The molecule has 1 heterocycles. The highest BCUT2D eigenvalue weighted by atomic mass is 16.2. The molecule has 23 heavy (non-hydrogen) atoms. The quantitative estimate of drug-likeness (QED) is 0.688. The highest BCUT2D eigenvalue weighted by Crippen LogP contribution is 2.20. The van der Waals surface area contributed by atoms with E-state index in [9.17, 15) is 14.4 Å². The zero-order chi connectivity index (χ0) is 17.0. The largest absolute Gasteiger partial charge is 0.370 e. The number of amides is 3. The number of likely N-dealkylation sites (N-methyl/N-ethyl adjacent to an activating group) is 1. The lowest BCUT2D eigenvalue weighted by atomic mass is 10.1. The fourth-order valence-electron chi connectivity index (χ4n) is 2.57. The van der Waals surface area contributed by atoms with Crippen LogP contribution >= 0.6 is 0 Å². The Morgan fingerprint density at radius 3 is 2.61 bits per heavy atom. The molecule has 0 fully saturated rings. The lowest BCUT2D eigenvalue weighted by molar-refractivity contribution is -0.130. The minimum absolute atomic E-state index is 0.119. The van der Waals surface area contributed by atoms with Gasteiger partial charge in [0.25, 0.3) is 0 Å². The number of aromatic nitrogens is 1. The van der Waals surface area contributed by atoms with Crippen LogP contribution in [0.25, 0.3) is 10.9 Å². The molecule has 1 aromatic heterocycles. The lowest BCUT2D eigenvalue weighted by Crippen LogP contribution is -2.48. The van der Waals surface area contributed by atoms with Gasteiger partial charge < -0.3 is 20.9 Å². The van der Waals surface area contributed by atoms with Gasteiger partial charge in [-0.2, -0.15) is 0 Å². The molecule has 0 radical (unpaired) electrons. The van der Waals surface area contributed by atoms with Gasteiger partial charge in [-0.3, -0.25) is 14.4 Å². The van der Waals surface area contributed by atoms with Crippen LogP contribution in [0.4, 0.5) is 0 Å². The molecule has 0 bridgehead atoms. The van der Waals surface area contributed by atoms with Gasteiger partial charge in [-0.05, 0) is 11.6 Å². The molecule has 0 spiro atoms. The summed E-state index contributed by atoms with van der Waals surface area (Å²) in [7, 11) is 3.34. The number of primary amides is 1. The maximum Gasteiger partial charge on any atom is 0.242 e. The summed E-state index contributed by atoms with van der Waals surface area (Å²) < 4.78 is 1.94. The van der Waals surface area contributed by atoms with Crippen molar-refractivity contribution in [3.63, 3.8) is 0 Å². The number of hydrogen-bond donors (Lipinski definition) is 3. The van der Waals surface area contributed by atoms with Gasteiger partial charge in [-0.15, -0.1) is 0 Å². The molecule has 3 amide bonds. The Morgan fingerprint density at radius 1 is 1.26 bits per heavy atom. The number of benzene rings is 1. The van der Waals surface area contributed by atoms with Crippen molar-refractivity contribution in [1.29, 1.82) is 0 Å². The van der Waals surface area contributed by atoms with E-state index in [0.717, 1.165) is 16.5 Å². The minimum atomic E-state index is -0.958. The van der Waals surface area contributed by atoms with Gasteiger partial charge in [0.05, 0.1) is 12.8 Å². The van der Waals surface area contributed by atoms with Crippen molar-refractivity contribution < 1.29 is 14.4 Å². The molecule has 2 rings (SSSR count). The number of para-hydroxylation sites is 1. The van der Waals surface area contributed by atoms with E-state index in [1.54, 1.807) is 0 Å². The summed E-state index contributed by atoms with van der Waals surface area (Å²) in [5.41, 5.74) is 7.00.